The Hall–Kier alpha value is -2.80. The number of nitrogens with one attached hydrogen (secondary N) is 1. The molecule has 1 heterocycles. The van der Waals surface area contributed by atoms with Crippen LogP contribution in [0.25, 0.3) is 11.1 Å². The number of aryl methyl sites for hydroxylation is 3. The van der Waals surface area contributed by atoms with Crippen LogP contribution in [0.1, 0.15) is 11.1 Å². The quantitative estimate of drug-likeness (QED) is 0.703. The van der Waals surface area contributed by atoms with Gasteiger partial charge in [0.1, 0.15) is 0 Å². The van der Waals surface area contributed by atoms with Gasteiger partial charge in [-0.2, -0.15) is 5.10 Å². The van der Waals surface area contributed by atoms with Crippen LogP contribution < -0.4 is 10.5 Å². The number of para-hydroxylation sites is 1. The Bertz CT molecular complexity index is 1020. The molecule has 6 nitrogen and oxygen atoms in total. The lowest BCUT2D eigenvalue weighted by molar-refractivity contribution is 0.600. The molecule has 3 rings (SSSR count). The Morgan fingerprint density at radius 3 is 2.48 bits per heavy atom. The summed E-state index contributed by atoms with van der Waals surface area (Å²) in [6.07, 6.45) is 3.54. The fourth-order valence-corrected chi connectivity index (χ4v) is 4.09. The number of nitrogens with zero attached hydrogens (tertiary/aromatic N) is 2. The first-order valence-corrected chi connectivity index (χ1v) is 9.24. The van der Waals surface area contributed by atoms with Gasteiger partial charge < -0.3 is 5.73 Å². The molecule has 0 unspecified atom stereocenters. The summed E-state index contributed by atoms with van der Waals surface area (Å²) < 4.78 is 30.2. The standard InChI is InChI=1S/C18H20N4O2S/c1-12-7-8-14(15-10-20-22(3)11-15)9-17(12)25(23,24)21-18-13(2)5-4-6-16(18)19/h4-11,21H,19H2,1-3H3. The molecule has 25 heavy (non-hydrogen) atoms. The van der Waals surface area contributed by atoms with Crippen LogP contribution >= 0.6 is 0 Å². The lowest BCUT2D eigenvalue weighted by atomic mass is 10.1. The van der Waals surface area contributed by atoms with E-state index in [1.165, 1.54) is 0 Å². The van der Waals surface area contributed by atoms with E-state index in [1.54, 1.807) is 42.1 Å². The first kappa shape index (κ1) is 17.0. The predicted molar refractivity (Wildman–Crippen MR) is 99.8 cm³/mol. The van der Waals surface area contributed by atoms with Crippen LogP contribution in [-0.4, -0.2) is 18.2 Å². The number of rotatable bonds is 4. The molecular formula is C18H20N4O2S. The summed E-state index contributed by atoms with van der Waals surface area (Å²) in [5, 5.41) is 4.13. The number of hydrogen-bond acceptors (Lipinski definition) is 4. The molecule has 1 aromatic heterocycles. The molecule has 0 bridgehead atoms. The molecule has 0 spiro atoms. The zero-order valence-electron chi connectivity index (χ0n) is 14.3. The van der Waals surface area contributed by atoms with E-state index in [1.807, 2.05) is 32.3 Å². The Balaban J connectivity index is 2.05. The summed E-state index contributed by atoms with van der Waals surface area (Å²) in [6.45, 7) is 3.58. The number of aromatic nitrogens is 2. The van der Waals surface area contributed by atoms with Crippen LogP contribution in [0.5, 0.6) is 0 Å². The van der Waals surface area contributed by atoms with Gasteiger partial charge in [0.2, 0.25) is 0 Å². The van der Waals surface area contributed by atoms with Crippen molar-refractivity contribution in [1.29, 1.82) is 0 Å². The Labute approximate surface area is 147 Å². The first-order chi connectivity index (χ1) is 11.8. The van der Waals surface area contributed by atoms with Crippen molar-refractivity contribution in [3.05, 3.63) is 59.9 Å². The van der Waals surface area contributed by atoms with Crippen molar-refractivity contribution in [1.82, 2.24) is 9.78 Å². The predicted octanol–water partition coefficient (Wildman–Crippen LogP) is 3.09. The minimum Gasteiger partial charge on any atom is -0.397 e. The number of sulfonamides is 1. The van der Waals surface area contributed by atoms with Gasteiger partial charge in [-0.05, 0) is 42.7 Å². The van der Waals surface area contributed by atoms with Gasteiger partial charge in [-0.15, -0.1) is 0 Å². The van der Waals surface area contributed by atoms with E-state index < -0.39 is 10.0 Å². The molecule has 0 radical (unpaired) electrons. The van der Waals surface area contributed by atoms with Crippen molar-refractivity contribution in [3.8, 4) is 11.1 Å². The molecule has 0 aliphatic rings. The van der Waals surface area contributed by atoms with Crippen LogP contribution in [0.3, 0.4) is 0 Å². The fraction of sp³-hybridized carbons (Fsp3) is 0.167. The number of anilines is 2. The minimum atomic E-state index is -3.77. The molecule has 130 valence electrons. The molecule has 0 aliphatic heterocycles. The Kier molecular flexibility index (Phi) is 4.26. The van der Waals surface area contributed by atoms with Gasteiger partial charge in [0.25, 0.3) is 10.0 Å². The summed E-state index contributed by atoms with van der Waals surface area (Å²) in [6, 6.07) is 10.6. The van der Waals surface area contributed by atoms with E-state index in [-0.39, 0.29) is 4.90 Å². The van der Waals surface area contributed by atoms with Gasteiger partial charge in [0.05, 0.1) is 22.5 Å². The van der Waals surface area contributed by atoms with Crippen LogP contribution in [0.15, 0.2) is 53.7 Å². The minimum absolute atomic E-state index is 0.219. The molecule has 0 fully saturated rings. The third-order valence-corrected chi connectivity index (χ3v) is 5.55. The largest absolute Gasteiger partial charge is 0.397 e. The molecule has 0 aliphatic carbocycles. The fourth-order valence-electron chi connectivity index (χ4n) is 2.66. The van der Waals surface area contributed by atoms with Crippen LogP contribution in [0.4, 0.5) is 11.4 Å². The molecule has 2 aromatic carbocycles. The summed E-state index contributed by atoms with van der Waals surface area (Å²) in [5.74, 6) is 0. The second-order valence-electron chi connectivity index (χ2n) is 6.03. The molecule has 3 N–H and O–H groups in total. The third-order valence-electron chi connectivity index (χ3n) is 4.06. The average Bonchev–Trinajstić information content (AvgIpc) is 2.98. The number of nitrogens with two attached hydrogens (primary N) is 1. The normalized spacial score (nSPS) is 11.5. The topological polar surface area (TPSA) is 90.0 Å². The van der Waals surface area contributed by atoms with E-state index in [2.05, 4.69) is 9.82 Å². The van der Waals surface area contributed by atoms with Gasteiger partial charge in [0.15, 0.2) is 0 Å². The maximum Gasteiger partial charge on any atom is 0.262 e. The second kappa shape index (κ2) is 6.25. The number of benzene rings is 2. The molecule has 3 aromatic rings. The van der Waals surface area contributed by atoms with Crippen LogP contribution in [-0.2, 0) is 17.1 Å². The summed E-state index contributed by atoms with van der Waals surface area (Å²) >= 11 is 0. The Morgan fingerprint density at radius 1 is 1.08 bits per heavy atom. The van der Waals surface area contributed by atoms with Crippen molar-refractivity contribution in [2.45, 2.75) is 18.7 Å². The first-order valence-electron chi connectivity index (χ1n) is 7.75. The van der Waals surface area contributed by atoms with Crippen molar-refractivity contribution in [3.63, 3.8) is 0 Å². The van der Waals surface area contributed by atoms with Crippen LogP contribution in [0, 0.1) is 13.8 Å². The SMILES string of the molecule is Cc1ccc(-c2cnn(C)c2)cc1S(=O)(=O)Nc1c(C)cccc1N. The van der Waals surface area contributed by atoms with E-state index in [0.717, 1.165) is 16.7 Å². The summed E-state index contributed by atoms with van der Waals surface area (Å²) in [4.78, 5) is 0.219. The molecular weight excluding hydrogens is 336 g/mol. The smallest absolute Gasteiger partial charge is 0.262 e. The van der Waals surface area contributed by atoms with E-state index in [9.17, 15) is 8.42 Å². The highest BCUT2D eigenvalue weighted by Gasteiger charge is 2.20. The molecule has 0 atom stereocenters. The molecule has 0 saturated carbocycles. The molecule has 0 amide bonds. The van der Waals surface area contributed by atoms with E-state index in [4.69, 9.17) is 5.73 Å². The summed E-state index contributed by atoms with van der Waals surface area (Å²) in [5.41, 5.74) is 9.81. The van der Waals surface area contributed by atoms with Gasteiger partial charge in [0, 0.05) is 18.8 Å². The van der Waals surface area contributed by atoms with Crippen molar-refractivity contribution in [2.24, 2.45) is 7.05 Å². The third kappa shape index (κ3) is 3.36. The van der Waals surface area contributed by atoms with Crippen molar-refractivity contribution in [2.75, 3.05) is 10.5 Å². The summed E-state index contributed by atoms with van der Waals surface area (Å²) in [7, 11) is -1.95. The highest BCUT2D eigenvalue weighted by Crippen LogP contribution is 2.29. The van der Waals surface area contributed by atoms with Crippen LogP contribution in [0.2, 0.25) is 0 Å². The van der Waals surface area contributed by atoms with Gasteiger partial charge in [-0.1, -0.05) is 24.3 Å². The highest BCUT2D eigenvalue weighted by atomic mass is 32.2. The number of hydrogen-bond donors (Lipinski definition) is 2. The molecule has 0 saturated heterocycles. The zero-order valence-corrected chi connectivity index (χ0v) is 15.1. The van der Waals surface area contributed by atoms with Gasteiger partial charge in [-0.25, -0.2) is 8.42 Å². The lowest BCUT2D eigenvalue weighted by Gasteiger charge is -2.15. The highest BCUT2D eigenvalue weighted by molar-refractivity contribution is 7.92. The van der Waals surface area contributed by atoms with Gasteiger partial charge >= 0.3 is 0 Å². The zero-order chi connectivity index (χ0) is 18.2. The monoisotopic (exact) mass is 356 g/mol. The van der Waals surface area contributed by atoms with Crippen molar-refractivity contribution >= 4 is 21.4 Å². The van der Waals surface area contributed by atoms with Gasteiger partial charge in [-0.3, -0.25) is 9.40 Å². The van der Waals surface area contributed by atoms with E-state index >= 15 is 0 Å². The number of nitrogen functional groups attached to an aromatic ring is 1. The molecule has 7 heteroatoms. The second-order valence-corrected chi connectivity index (χ2v) is 7.68. The van der Waals surface area contributed by atoms with Crippen molar-refractivity contribution < 1.29 is 8.42 Å². The van der Waals surface area contributed by atoms with E-state index in [0.29, 0.717) is 16.9 Å². The maximum atomic E-state index is 12.9. The maximum absolute atomic E-state index is 12.9. The Morgan fingerprint density at radius 2 is 1.84 bits per heavy atom. The average molecular weight is 356 g/mol. The lowest BCUT2D eigenvalue weighted by Crippen LogP contribution is -2.16.